The first kappa shape index (κ1) is 14.6. The number of hydrogen-bond acceptors (Lipinski definition) is 4. The van der Waals surface area contributed by atoms with Crippen LogP contribution in [0.3, 0.4) is 0 Å². The highest BCUT2D eigenvalue weighted by atomic mass is 16.1. The minimum atomic E-state index is -0.0779. The van der Waals surface area contributed by atoms with Crippen molar-refractivity contribution in [3.8, 4) is 11.3 Å². The zero-order valence-electron chi connectivity index (χ0n) is 12.3. The van der Waals surface area contributed by atoms with E-state index in [1.807, 2.05) is 30.3 Å². The second-order valence-corrected chi connectivity index (χ2v) is 5.03. The zero-order chi connectivity index (χ0) is 16.2. The Bertz CT molecular complexity index is 936. The van der Waals surface area contributed by atoms with Crippen molar-refractivity contribution >= 4 is 5.84 Å². The van der Waals surface area contributed by atoms with Crippen LogP contribution < -0.4 is 10.9 Å². The van der Waals surface area contributed by atoms with Crippen LogP contribution in [0, 0.1) is 10.8 Å². The van der Waals surface area contributed by atoms with E-state index in [4.69, 9.17) is 10.8 Å². The predicted molar refractivity (Wildman–Crippen MR) is 87.3 cm³/mol. The van der Waals surface area contributed by atoms with Crippen LogP contribution in [0.15, 0.2) is 71.8 Å². The van der Waals surface area contributed by atoms with Gasteiger partial charge in [0.15, 0.2) is 5.43 Å². The molecule has 0 spiro atoms. The predicted octanol–water partition coefficient (Wildman–Crippen LogP) is 1.72. The summed E-state index contributed by atoms with van der Waals surface area (Å²) in [5.41, 5.74) is 1.69. The van der Waals surface area contributed by atoms with Crippen LogP contribution in [0.4, 0.5) is 0 Å². The molecule has 0 saturated heterocycles. The Morgan fingerprint density at radius 3 is 2.39 bits per heavy atom. The monoisotopic (exact) mass is 305 g/mol. The Hall–Kier alpha value is -3.28. The molecule has 0 saturated carbocycles. The molecule has 0 amide bonds. The lowest BCUT2D eigenvalue weighted by Gasteiger charge is -2.11. The summed E-state index contributed by atoms with van der Waals surface area (Å²) >= 11 is 0. The fourth-order valence-electron chi connectivity index (χ4n) is 2.18. The first-order valence-electron chi connectivity index (χ1n) is 7.08. The van der Waals surface area contributed by atoms with E-state index >= 15 is 0 Å². The molecule has 0 atom stereocenters. The first-order chi connectivity index (χ1) is 11.1. The molecule has 6 nitrogen and oxygen atoms in total. The Balaban J connectivity index is 1.92. The van der Waals surface area contributed by atoms with Crippen molar-refractivity contribution < 1.29 is 0 Å². The number of nitrogens with one attached hydrogen (secondary N) is 2. The van der Waals surface area contributed by atoms with Crippen LogP contribution in [0.5, 0.6) is 0 Å². The molecular weight excluding hydrogens is 290 g/mol. The summed E-state index contributed by atoms with van der Waals surface area (Å²) in [6, 6.07) is 15.9. The van der Waals surface area contributed by atoms with E-state index in [0.717, 1.165) is 5.56 Å². The quantitative estimate of drug-likeness (QED) is 0.570. The number of hydrogen-bond donors (Lipinski definition) is 2. The van der Waals surface area contributed by atoms with Crippen LogP contribution in [-0.2, 0) is 6.54 Å². The highest BCUT2D eigenvalue weighted by molar-refractivity contribution is 5.80. The molecule has 2 heterocycles. The molecule has 1 aromatic carbocycles. The minimum absolute atomic E-state index is 0.0779. The van der Waals surface area contributed by atoms with Crippen molar-refractivity contribution in [2.75, 3.05) is 0 Å². The third-order valence-electron chi connectivity index (χ3n) is 3.35. The van der Waals surface area contributed by atoms with E-state index < -0.39 is 0 Å². The van der Waals surface area contributed by atoms with Crippen LogP contribution in [0.1, 0.15) is 0 Å². The Morgan fingerprint density at radius 1 is 1.00 bits per heavy atom. The summed E-state index contributed by atoms with van der Waals surface area (Å²) in [4.78, 5) is 11.1. The summed E-state index contributed by atoms with van der Waals surface area (Å²) in [5.74, 6) is 0.149. The average molecular weight is 305 g/mol. The third-order valence-corrected chi connectivity index (χ3v) is 3.35. The van der Waals surface area contributed by atoms with Gasteiger partial charge < -0.3 is 4.57 Å². The van der Waals surface area contributed by atoms with Crippen molar-refractivity contribution in [1.82, 2.24) is 14.3 Å². The van der Waals surface area contributed by atoms with Gasteiger partial charge in [-0.15, -0.1) is 0 Å². The molecule has 0 aliphatic rings. The molecule has 3 aromatic rings. The Kier molecular flexibility index (Phi) is 3.97. The summed E-state index contributed by atoms with van der Waals surface area (Å²) in [6.07, 6.45) is 3.23. The molecule has 0 aliphatic heterocycles. The molecule has 6 heteroatoms. The van der Waals surface area contributed by atoms with Gasteiger partial charge in [-0.25, -0.2) is 0 Å². The number of rotatable bonds is 3. The van der Waals surface area contributed by atoms with Crippen molar-refractivity contribution in [3.63, 3.8) is 0 Å². The van der Waals surface area contributed by atoms with Gasteiger partial charge in [0.2, 0.25) is 0 Å². The van der Waals surface area contributed by atoms with Crippen molar-refractivity contribution in [2.45, 2.75) is 6.54 Å². The molecule has 114 valence electrons. The van der Waals surface area contributed by atoms with Gasteiger partial charge in [-0.2, -0.15) is 9.78 Å². The van der Waals surface area contributed by atoms with E-state index in [1.165, 1.54) is 16.8 Å². The smallest absolute Gasteiger partial charge is 0.181 e. The Labute approximate surface area is 132 Å². The number of aromatic nitrogens is 3. The third kappa shape index (κ3) is 3.32. The molecule has 0 aliphatic carbocycles. The van der Waals surface area contributed by atoms with Gasteiger partial charge in [0.05, 0.1) is 12.2 Å². The highest BCUT2D eigenvalue weighted by Gasteiger charge is 2.06. The lowest BCUT2D eigenvalue weighted by Crippen LogP contribution is -2.31. The van der Waals surface area contributed by atoms with Gasteiger partial charge in [0.25, 0.3) is 0 Å². The molecule has 0 radical (unpaired) electrons. The lowest BCUT2D eigenvalue weighted by molar-refractivity contribution is 0.741. The Morgan fingerprint density at radius 2 is 1.70 bits per heavy atom. The molecule has 3 rings (SSSR count). The molecule has 0 bridgehead atoms. The maximum absolute atomic E-state index is 11.1. The largest absolute Gasteiger partial charge is 0.346 e. The molecule has 0 unspecified atom stereocenters. The van der Waals surface area contributed by atoms with E-state index in [-0.39, 0.29) is 23.3 Å². The molecular formula is C17H15N5O. The molecule has 0 fully saturated rings. The van der Waals surface area contributed by atoms with E-state index in [9.17, 15) is 4.79 Å². The van der Waals surface area contributed by atoms with Crippen molar-refractivity contribution in [1.29, 1.82) is 10.8 Å². The lowest BCUT2D eigenvalue weighted by atomic mass is 10.1. The van der Waals surface area contributed by atoms with Crippen molar-refractivity contribution in [3.05, 3.63) is 82.7 Å². The van der Waals surface area contributed by atoms with Crippen LogP contribution in [-0.4, -0.2) is 20.2 Å². The zero-order valence-corrected chi connectivity index (χ0v) is 12.3. The molecule has 23 heavy (non-hydrogen) atoms. The van der Waals surface area contributed by atoms with Crippen LogP contribution >= 0.6 is 0 Å². The second-order valence-electron chi connectivity index (χ2n) is 5.03. The van der Waals surface area contributed by atoms with Gasteiger partial charge in [-0.1, -0.05) is 30.3 Å². The summed E-state index contributed by atoms with van der Waals surface area (Å²) < 4.78 is 2.99. The van der Waals surface area contributed by atoms with E-state index in [2.05, 4.69) is 5.10 Å². The van der Waals surface area contributed by atoms with Gasteiger partial charge in [-0.05, 0) is 12.1 Å². The topological polar surface area (TPSA) is 87.5 Å². The summed E-state index contributed by atoms with van der Waals surface area (Å²) in [7, 11) is 0. The second kappa shape index (κ2) is 6.23. The summed E-state index contributed by atoms with van der Waals surface area (Å²) in [6.45, 7) is 0.224. The van der Waals surface area contributed by atoms with Crippen molar-refractivity contribution in [2.24, 2.45) is 0 Å². The fraction of sp³-hybridized carbons (Fsp3) is 0.0588. The molecule has 2 aromatic heterocycles. The maximum atomic E-state index is 11.1. The average Bonchev–Trinajstić information content (AvgIpc) is 2.58. The maximum Gasteiger partial charge on any atom is 0.181 e. The number of benzene rings is 1. The van der Waals surface area contributed by atoms with E-state index in [1.54, 1.807) is 29.1 Å². The van der Waals surface area contributed by atoms with Gasteiger partial charge in [-0.3, -0.25) is 15.6 Å². The first-order valence-corrected chi connectivity index (χ1v) is 7.08. The van der Waals surface area contributed by atoms with Crippen LogP contribution in [0.2, 0.25) is 0 Å². The highest BCUT2D eigenvalue weighted by Crippen LogP contribution is 2.13. The SMILES string of the molecule is N=C(Cn1ccc(=O)cc1)n1nc(-c2ccccc2)ccc1=N. The van der Waals surface area contributed by atoms with Gasteiger partial charge >= 0.3 is 0 Å². The van der Waals surface area contributed by atoms with Gasteiger partial charge in [0, 0.05) is 30.1 Å². The molecule has 2 N–H and O–H groups in total. The van der Waals surface area contributed by atoms with Gasteiger partial charge in [0.1, 0.15) is 11.3 Å². The minimum Gasteiger partial charge on any atom is -0.346 e. The number of pyridine rings is 1. The fourth-order valence-corrected chi connectivity index (χ4v) is 2.18. The standard InChI is InChI=1S/C17H15N5O/c18-16-7-6-15(13-4-2-1-3-5-13)20-22(16)17(19)12-21-10-8-14(23)9-11-21/h1-11,18-19H,12H2. The number of nitrogens with zero attached hydrogens (tertiary/aromatic N) is 3. The van der Waals surface area contributed by atoms with Crippen LogP contribution in [0.25, 0.3) is 11.3 Å². The summed E-state index contributed by atoms with van der Waals surface area (Å²) in [5, 5.41) is 20.5. The van der Waals surface area contributed by atoms with E-state index in [0.29, 0.717) is 5.69 Å². The normalized spacial score (nSPS) is 10.4.